The Hall–Kier alpha value is -3.61. The van der Waals surface area contributed by atoms with Crippen molar-refractivity contribution >= 4 is 17.6 Å². The van der Waals surface area contributed by atoms with Crippen LogP contribution in [0.5, 0.6) is 5.75 Å². The number of rotatable bonds is 10. The number of carbonyl (C=O) groups excluding carboxylic acids is 2. The van der Waals surface area contributed by atoms with Crippen molar-refractivity contribution in [3.8, 4) is 22.7 Å². The van der Waals surface area contributed by atoms with Gasteiger partial charge in [0.15, 0.2) is 0 Å². The molecule has 33 heavy (non-hydrogen) atoms. The van der Waals surface area contributed by atoms with E-state index in [4.69, 9.17) is 9.84 Å². The van der Waals surface area contributed by atoms with E-state index in [1.54, 1.807) is 16.7 Å². The molecule has 3 rings (SSSR count). The van der Waals surface area contributed by atoms with Gasteiger partial charge in [-0.25, -0.2) is 4.68 Å². The Labute approximate surface area is 195 Å². The molecule has 1 heterocycles. The molecule has 1 N–H and O–H groups in total. The van der Waals surface area contributed by atoms with Crippen molar-refractivity contribution in [3.63, 3.8) is 0 Å². The number of nitrogens with zero attached hydrogens (tertiary/aromatic N) is 3. The number of hydrogen-bond donors (Lipinski definition) is 1. The molecule has 0 saturated carbocycles. The van der Waals surface area contributed by atoms with Gasteiger partial charge in [-0.1, -0.05) is 43.7 Å². The van der Waals surface area contributed by atoms with Gasteiger partial charge in [0.1, 0.15) is 18.1 Å². The average molecular weight is 449 g/mol. The normalized spacial score (nSPS) is 10.8. The van der Waals surface area contributed by atoms with Crippen LogP contribution in [-0.4, -0.2) is 46.2 Å². The zero-order valence-electron chi connectivity index (χ0n) is 19.7. The average Bonchev–Trinajstić information content (AvgIpc) is 3.25. The first-order valence-corrected chi connectivity index (χ1v) is 11.3. The molecule has 0 atom stereocenters. The van der Waals surface area contributed by atoms with Crippen LogP contribution in [0, 0.1) is 0 Å². The fourth-order valence-electron chi connectivity index (χ4n) is 3.51. The number of methoxy groups -OCH3 is 1. The van der Waals surface area contributed by atoms with E-state index in [2.05, 4.69) is 5.32 Å². The van der Waals surface area contributed by atoms with Crippen molar-refractivity contribution in [2.24, 2.45) is 0 Å². The van der Waals surface area contributed by atoms with Gasteiger partial charge in [0.05, 0.1) is 18.5 Å². The standard InChI is InChI=1S/C26H32N4O3/c1-5-6-12-26(32)29(19(2)3)18-25(31)27-24-17-23(20-10-8-7-9-11-20)28-30(24)21-13-15-22(33-4)16-14-21/h7-11,13-17,19H,5-6,12,18H2,1-4H3,(H,27,31). The predicted octanol–water partition coefficient (Wildman–Crippen LogP) is 4.91. The number of benzene rings is 2. The number of unbranched alkanes of at least 4 members (excludes halogenated alkanes) is 1. The molecule has 0 aliphatic carbocycles. The Balaban J connectivity index is 1.87. The van der Waals surface area contributed by atoms with E-state index in [0.717, 1.165) is 35.5 Å². The fraction of sp³-hybridized carbons (Fsp3) is 0.346. The summed E-state index contributed by atoms with van der Waals surface area (Å²) in [7, 11) is 1.62. The minimum atomic E-state index is -0.261. The lowest BCUT2D eigenvalue weighted by Crippen LogP contribution is -2.42. The summed E-state index contributed by atoms with van der Waals surface area (Å²) in [6, 6.07) is 19.0. The summed E-state index contributed by atoms with van der Waals surface area (Å²) in [5.74, 6) is 1.00. The highest BCUT2D eigenvalue weighted by atomic mass is 16.5. The molecular weight excluding hydrogens is 416 g/mol. The van der Waals surface area contributed by atoms with E-state index in [1.165, 1.54) is 0 Å². The molecule has 0 unspecified atom stereocenters. The molecule has 0 bridgehead atoms. The summed E-state index contributed by atoms with van der Waals surface area (Å²) < 4.78 is 6.95. The minimum absolute atomic E-state index is 0.00404. The van der Waals surface area contributed by atoms with E-state index in [-0.39, 0.29) is 24.4 Å². The number of aromatic nitrogens is 2. The summed E-state index contributed by atoms with van der Waals surface area (Å²) in [6.45, 7) is 5.89. The molecular formula is C26H32N4O3. The van der Waals surface area contributed by atoms with Crippen molar-refractivity contribution in [2.45, 2.75) is 46.1 Å². The highest BCUT2D eigenvalue weighted by Gasteiger charge is 2.21. The lowest BCUT2D eigenvalue weighted by atomic mass is 10.1. The van der Waals surface area contributed by atoms with Crippen LogP contribution in [0.4, 0.5) is 5.82 Å². The fourth-order valence-corrected chi connectivity index (χ4v) is 3.51. The third kappa shape index (κ3) is 6.22. The zero-order chi connectivity index (χ0) is 23.8. The first-order chi connectivity index (χ1) is 15.9. The molecule has 1 aromatic heterocycles. The van der Waals surface area contributed by atoms with Crippen LogP contribution in [0.2, 0.25) is 0 Å². The van der Waals surface area contributed by atoms with Gasteiger partial charge in [0, 0.05) is 24.1 Å². The maximum Gasteiger partial charge on any atom is 0.245 e. The highest BCUT2D eigenvalue weighted by molar-refractivity contribution is 5.94. The van der Waals surface area contributed by atoms with Gasteiger partial charge in [0.25, 0.3) is 0 Å². The number of nitrogens with one attached hydrogen (secondary N) is 1. The molecule has 2 aromatic carbocycles. The zero-order valence-corrected chi connectivity index (χ0v) is 19.7. The molecule has 0 fully saturated rings. The van der Waals surface area contributed by atoms with Gasteiger partial charge in [-0.15, -0.1) is 0 Å². The topological polar surface area (TPSA) is 76.5 Å². The van der Waals surface area contributed by atoms with E-state index in [9.17, 15) is 9.59 Å². The SMILES string of the molecule is CCCCC(=O)N(CC(=O)Nc1cc(-c2ccccc2)nn1-c1ccc(OC)cc1)C(C)C. The third-order valence-electron chi connectivity index (χ3n) is 5.37. The molecule has 0 aliphatic rings. The number of amides is 2. The van der Waals surface area contributed by atoms with Crippen molar-refractivity contribution in [3.05, 3.63) is 60.7 Å². The Morgan fingerprint density at radius 2 is 1.79 bits per heavy atom. The van der Waals surface area contributed by atoms with Gasteiger partial charge in [-0.3, -0.25) is 9.59 Å². The Morgan fingerprint density at radius 1 is 1.09 bits per heavy atom. The van der Waals surface area contributed by atoms with Crippen LogP contribution in [0.15, 0.2) is 60.7 Å². The molecule has 0 spiro atoms. The second kappa shape index (κ2) is 11.3. The summed E-state index contributed by atoms with van der Waals surface area (Å²) in [6.07, 6.45) is 2.20. The Kier molecular flexibility index (Phi) is 8.24. The first kappa shape index (κ1) is 24.0. The third-order valence-corrected chi connectivity index (χ3v) is 5.37. The summed E-state index contributed by atoms with van der Waals surface area (Å²) in [5.41, 5.74) is 2.47. The molecule has 2 amide bonds. The maximum atomic E-state index is 13.0. The first-order valence-electron chi connectivity index (χ1n) is 11.3. The van der Waals surface area contributed by atoms with Crippen LogP contribution in [0.1, 0.15) is 40.0 Å². The van der Waals surface area contributed by atoms with Crippen molar-refractivity contribution in [1.82, 2.24) is 14.7 Å². The highest BCUT2D eigenvalue weighted by Crippen LogP contribution is 2.26. The Bertz CT molecular complexity index is 1060. The number of anilines is 1. The maximum absolute atomic E-state index is 13.0. The predicted molar refractivity (Wildman–Crippen MR) is 131 cm³/mol. The van der Waals surface area contributed by atoms with E-state index in [0.29, 0.717) is 12.2 Å². The minimum Gasteiger partial charge on any atom is -0.497 e. The van der Waals surface area contributed by atoms with Gasteiger partial charge in [-0.05, 0) is 44.5 Å². The number of carbonyl (C=O) groups is 2. The largest absolute Gasteiger partial charge is 0.497 e. The summed E-state index contributed by atoms with van der Waals surface area (Å²) in [5, 5.41) is 7.69. The molecule has 0 radical (unpaired) electrons. The molecule has 0 aliphatic heterocycles. The second-order valence-electron chi connectivity index (χ2n) is 8.16. The number of hydrogen-bond acceptors (Lipinski definition) is 4. The van der Waals surface area contributed by atoms with Crippen LogP contribution in [0.3, 0.4) is 0 Å². The van der Waals surface area contributed by atoms with Crippen molar-refractivity contribution in [2.75, 3.05) is 19.0 Å². The quantitative estimate of drug-likeness (QED) is 0.478. The lowest BCUT2D eigenvalue weighted by molar-refractivity contribution is -0.136. The molecule has 7 nitrogen and oxygen atoms in total. The molecule has 7 heteroatoms. The van der Waals surface area contributed by atoms with Gasteiger partial charge in [-0.2, -0.15) is 5.10 Å². The van der Waals surface area contributed by atoms with E-state index >= 15 is 0 Å². The van der Waals surface area contributed by atoms with Crippen LogP contribution >= 0.6 is 0 Å². The molecule has 174 valence electrons. The van der Waals surface area contributed by atoms with Crippen LogP contribution in [-0.2, 0) is 9.59 Å². The van der Waals surface area contributed by atoms with Gasteiger partial charge >= 0.3 is 0 Å². The van der Waals surface area contributed by atoms with E-state index in [1.807, 2.05) is 81.4 Å². The summed E-state index contributed by atoms with van der Waals surface area (Å²) in [4.78, 5) is 27.2. The Morgan fingerprint density at radius 3 is 2.39 bits per heavy atom. The summed E-state index contributed by atoms with van der Waals surface area (Å²) >= 11 is 0. The van der Waals surface area contributed by atoms with Gasteiger partial charge < -0.3 is 15.0 Å². The smallest absolute Gasteiger partial charge is 0.245 e. The van der Waals surface area contributed by atoms with Crippen molar-refractivity contribution < 1.29 is 14.3 Å². The second-order valence-corrected chi connectivity index (χ2v) is 8.16. The monoisotopic (exact) mass is 448 g/mol. The van der Waals surface area contributed by atoms with Gasteiger partial charge in [0.2, 0.25) is 11.8 Å². The molecule has 0 saturated heterocycles. The van der Waals surface area contributed by atoms with Crippen LogP contribution < -0.4 is 10.1 Å². The lowest BCUT2D eigenvalue weighted by Gasteiger charge is -2.26. The molecule has 3 aromatic rings. The number of ether oxygens (including phenoxy) is 1. The van der Waals surface area contributed by atoms with Crippen molar-refractivity contribution in [1.29, 1.82) is 0 Å². The van der Waals surface area contributed by atoms with E-state index < -0.39 is 0 Å². The van der Waals surface area contributed by atoms with Crippen LogP contribution in [0.25, 0.3) is 16.9 Å².